The van der Waals surface area contributed by atoms with E-state index in [0.717, 1.165) is 41.6 Å². The van der Waals surface area contributed by atoms with Crippen LogP contribution in [-0.2, 0) is 9.59 Å². The molecular formula is C34H52O2S2. The topological polar surface area (TPSA) is 34.1 Å². The fraction of sp³-hybridized carbons (Fsp3) is 0.706. The third-order valence-corrected chi connectivity index (χ3v) is 12.3. The summed E-state index contributed by atoms with van der Waals surface area (Å²) in [6, 6.07) is 0. The largest absolute Gasteiger partial charge is 0.289 e. The van der Waals surface area contributed by atoms with Gasteiger partial charge < -0.3 is 0 Å². The fourth-order valence-electron chi connectivity index (χ4n) is 5.89. The van der Waals surface area contributed by atoms with Crippen molar-refractivity contribution in [3.8, 4) is 0 Å². The molecule has 212 valence electrons. The second kappa shape index (κ2) is 9.54. The van der Waals surface area contributed by atoms with E-state index in [1.165, 1.54) is 0 Å². The van der Waals surface area contributed by atoms with Gasteiger partial charge in [0.25, 0.3) is 0 Å². The van der Waals surface area contributed by atoms with Crippen LogP contribution in [0.5, 0.6) is 0 Å². The van der Waals surface area contributed by atoms with Crippen molar-refractivity contribution < 1.29 is 9.59 Å². The first-order valence-corrected chi connectivity index (χ1v) is 16.0. The van der Waals surface area contributed by atoms with Gasteiger partial charge in [-0.15, -0.1) is 23.5 Å². The number of hydrogen-bond acceptors (Lipinski definition) is 4. The Kier molecular flexibility index (Phi) is 7.91. The van der Waals surface area contributed by atoms with E-state index in [1.807, 2.05) is 23.5 Å². The fourth-order valence-corrected chi connectivity index (χ4v) is 10.5. The molecule has 3 rings (SSSR count). The molecular weight excluding hydrogens is 505 g/mol. The van der Waals surface area contributed by atoms with Crippen molar-refractivity contribution in [3.05, 3.63) is 46.6 Å². The maximum Gasteiger partial charge on any atom is 0.185 e. The van der Waals surface area contributed by atoms with Crippen LogP contribution in [0.25, 0.3) is 0 Å². The zero-order valence-corrected chi connectivity index (χ0v) is 28.2. The standard InChI is InChI=1S/C34H52O2S2/c1-15-17-34(16-2)37-32(18-22(28(3,4)5)26(35)23(19-32)29(6,7)8)33(38-34)20-24(30(9,10)11)27(36)25(21-33)31(12,13)14/h18-21H,15-17H2,1-14H3. The number of allylic oxidation sites excluding steroid dienone is 4. The molecule has 0 bridgehead atoms. The Labute approximate surface area is 242 Å². The lowest BCUT2D eigenvalue weighted by Crippen LogP contribution is -2.48. The minimum atomic E-state index is -0.477. The Morgan fingerprint density at radius 1 is 0.553 bits per heavy atom. The summed E-state index contributed by atoms with van der Waals surface area (Å²) in [5, 5.41) is 0. The summed E-state index contributed by atoms with van der Waals surface area (Å²) in [7, 11) is 0. The second-order valence-corrected chi connectivity index (χ2v) is 19.3. The van der Waals surface area contributed by atoms with E-state index in [9.17, 15) is 9.59 Å². The molecule has 0 aromatic carbocycles. The summed E-state index contributed by atoms with van der Waals surface area (Å²) in [4.78, 5) is 28.1. The maximum atomic E-state index is 14.0. The van der Waals surface area contributed by atoms with Gasteiger partial charge in [0.05, 0.1) is 13.6 Å². The van der Waals surface area contributed by atoms with E-state index >= 15 is 0 Å². The highest BCUT2D eigenvalue weighted by molar-refractivity contribution is 8.23. The molecule has 1 heterocycles. The smallest absolute Gasteiger partial charge is 0.185 e. The molecule has 0 radical (unpaired) electrons. The van der Waals surface area contributed by atoms with Gasteiger partial charge in [-0.2, -0.15) is 0 Å². The molecule has 2 nitrogen and oxygen atoms in total. The molecule has 0 aromatic rings. The summed E-state index contributed by atoms with van der Waals surface area (Å²) in [6.45, 7) is 30.5. The number of fused-ring (bicyclic) bond motifs is 1. The van der Waals surface area contributed by atoms with Gasteiger partial charge >= 0.3 is 0 Å². The molecule has 0 unspecified atom stereocenters. The predicted molar refractivity (Wildman–Crippen MR) is 169 cm³/mol. The van der Waals surface area contributed by atoms with Crippen LogP contribution in [0.15, 0.2) is 46.6 Å². The lowest BCUT2D eigenvalue weighted by molar-refractivity contribution is -0.115. The highest BCUT2D eigenvalue weighted by Gasteiger charge is 2.64. The van der Waals surface area contributed by atoms with Crippen molar-refractivity contribution in [2.75, 3.05) is 0 Å². The molecule has 0 aromatic heterocycles. The monoisotopic (exact) mass is 556 g/mol. The van der Waals surface area contributed by atoms with Gasteiger partial charge in [0.1, 0.15) is 0 Å². The van der Waals surface area contributed by atoms with Crippen LogP contribution >= 0.6 is 23.5 Å². The summed E-state index contributed by atoms with van der Waals surface area (Å²) in [5.41, 5.74) is 2.43. The Morgan fingerprint density at radius 2 is 0.816 bits per heavy atom. The van der Waals surface area contributed by atoms with Crippen LogP contribution in [0.3, 0.4) is 0 Å². The van der Waals surface area contributed by atoms with Crippen LogP contribution < -0.4 is 0 Å². The van der Waals surface area contributed by atoms with E-state index in [0.29, 0.717) is 0 Å². The van der Waals surface area contributed by atoms with Gasteiger partial charge in [-0.25, -0.2) is 0 Å². The van der Waals surface area contributed by atoms with Gasteiger partial charge in [0.2, 0.25) is 0 Å². The number of thioether (sulfide) groups is 2. The lowest BCUT2D eigenvalue weighted by atomic mass is 9.65. The molecule has 1 aliphatic heterocycles. The van der Waals surface area contributed by atoms with Crippen molar-refractivity contribution in [1.82, 2.24) is 0 Å². The van der Waals surface area contributed by atoms with Crippen molar-refractivity contribution in [3.63, 3.8) is 0 Å². The minimum Gasteiger partial charge on any atom is -0.289 e. The summed E-state index contributed by atoms with van der Waals surface area (Å²) < 4.78 is -0.973. The summed E-state index contributed by atoms with van der Waals surface area (Å²) >= 11 is 4.07. The minimum absolute atomic E-state index is 0.0203. The van der Waals surface area contributed by atoms with E-state index in [1.54, 1.807) is 0 Å². The molecule has 1 fully saturated rings. The SMILES string of the molecule is CCCC1(CC)SC2(C=C(C(C)(C)C)C(=O)C(C(C)(C)C)=C2)C2(C=C(C(C)(C)C)C(=O)C(C(C)(C)C)=C2)S1. The third kappa shape index (κ3) is 5.35. The van der Waals surface area contributed by atoms with E-state index < -0.39 is 9.49 Å². The molecule has 38 heavy (non-hydrogen) atoms. The quantitative estimate of drug-likeness (QED) is 0.346. The van der Waals surface area contributed by atoms with Gasteiger partial charge in [-0.1, -0.05) is 128 Å². The van der Waals surface area contributed by atoms with Gasteiger partial charge in [0.15, 0.2) is 11.6 Å². The Balaban J connectivity index is 2.56. The molecule has 2 spiro atoms. The third-order valence-electron chi connectivity index (χ3n) is 8.14. The van der Waals surface area contributed by atoms with E-state index in [2.05, 4.69) is 121 Å². The molecule has 2 aliphatic carbocycles. The molecule has 1 saturated heterocycles. The Hall–Kier alpha value is -1.00. The van der Waals surface area contributed by atoms with E-state index in [4.69, 9.17) is 0 Å². The normalized spacial score (nSPS) is 23.4. The molecule has 0 atom stereocenters. The number of rotatable bonds is 3. The lowest BCUT2D eigenvalue weighted by Gasteiger charge is -2.46. The van der Waals surface area contributed by atoms with Crippen molar-refractivity contribution >= 4 is 35.1 Å². The number of carbonyl (C=O) groups excluding carboxylic acids is 2. The van der Waals surface area contributed by atoms with Crippen molar-refractivity contribution in [2.24, 2.45) is 21.7 Å². The summed E-state index contributed by atoms with van der Waals surface area (Å²) in [6.07, 6.45) is 12.5. The highest BCUT2D eigenvalue weighted by Crippen LogP contribution is 2.72. The zero-order chi connectivity index (χ0) is 29.3. The zero-order valence-electron chi connectivity index (χ0n) is 26.6. The second-order valence-electron chi connectivity index (χ2n) is 15.7. The van der Waals surface area contributed by atoms with E-state index in [-0.39, 0.29) is 37.3 Å². The predicted octanol–water partition coefficient (Wildman–Crippen LogP) is 9.91. The number of hydrogen-bond donors (Lipinski definition) is 0. The van der Waals surface area contributed by atoms with Crippen molar-refractivity contribution in [1.29, 1.82) is 0 Å². The van der Waals surface area contributed by atoms with Gasteiger partial charge in [0, 0.05) is 22.3 Å². The Morgan fingerprint density at radius 3 is 1.00 bits per heavy atom. The average Bonchev–Trinajstić information content (AvgIpc) is 2.97. The first-order valence-electron chi connectivity index (χ1n) is 14.4. The molecule has 0 saturated carbocycles. The Bertz CT molecular complexity index is 979. The first-order chi connectivity index (χ1) is 17.0. The van der Waals surface area contributed by atoms with Crippen LogP contribution in [0.2, 0.25) is 0 Å². The summed E-state index contributed by atoms with van der Waals surface area (Å²) in [5.74, 6) is 0.348. The average molecular weight is 557 g/mol. The van der Waals surface area contributed by atoms with Crippen LogP contribution in [-0.4, -0.2) is 25.1 Å². The number of ketones is 2. The number of Topliss-reactive ketones (excluding diaryl/α,β-unsaturated/α-hetero) is 2. The van der Waals surface area contributed by atoms with Crippen LogP contribution in [0, 0.1) is 21.7 Å². The van der Waals surface area contributed by atoms with Crippen LogP contribution in [0.1, 0.15) is 116 Å². The number of carbonyl (C=O) groups is 2. The maximum absolute atomic E-state index is 14.0. The van der Waals surface area contributed by atoms with Crippen LogP contribution in [0.4, 0.5) is 0 Å². The molecule has 0 amide bonds. The molecule has 4 heteroatoms. The highest BCUT2D eigenvalue weighted by atomic mass is 32.2. The van der Waals surface area contributed by atoms with Gasteiger partial charge in [-0.05, 0) is 34.5 Å². The molecule has 0 N–H and O–H groups in total. The van der Waals surface area contributed by atoms with Gasteiger partial charge in [-0.3, -0.25) is 9.59 Å². The van der Waals surface area contributed by atoms with Crippen molar-refractivity contribution in [2.45, 2.75) is 130 Å². The molecule has 3 aliphatic rings. The first kappa shape index (κ1) is 31.5.